The zero-order valence-electron chi connectivity index (χ0n) is 15.2. The summed E-state index contributed by atoms with van der Waals surface area (Å²) in [5.74, 6) is 2.10. The van der Waals surface area contributed by atoms with Crippen molar-refractivity contribution in [1.82, 2.24) is 10.3 Å². The zero-order valence-corrected chi connectivity index (χ0v) is 15.2. The molecule has 1 aromatic heterocycles. The second-order valence-corrected chi connectivity index (χ2v) is 6.91. The lowest BCUT2D eigenvalue weighted by atomic mass is 10.0. The molecular formula is C19H27N3O3. The van der Waals surface area contributed by atoms with Gasteiger partial charge in [0.05, 0.1) is 18.8 Å². The lowest BCUT2D eigenvalue weighted by molar-refractivity contribution is 0.214. The number of oxazole rings is 1. The van der Waals surface area contributed by atoms with Crippen molar-refractivity contribution in [2.45, 2.75) is 46.1 Å². The minimum absolute atomic E-state index is 0.0765. The second kappa shape index (κ2) is 8.67. The van der Waals surface area contributed by atoms with Crippen LogP contribution in [0.15, 0.2) is 34.9 Å². The van der Waals surface area contributed by atoms with E-state index in [4.69, 9.17) is 4.42 Å². The molecule has 0 fully saturated rings. The van der Waals surface area contributed by atoms with E-state index in [2.05, 4.69) is 29.5 Å². The number of hydrogen-bond donors (Lipinski definition) is 3. The van der Waals surface area contributed by atoms with Crippen LogP contribution >= 0.6 is 0 Å². The highest BCUT2D eigenvalue weighted by atomic mass is 16.4. The van der Waals surface area contributed by atoms with Crippen LogP contribution in [0.4, 0.5) is 10.5 Å². The molecule has 25 heavy (non-hydrogen) atoms. The van der Waals surface area contributed by atoms with E-state index in [1.165, 1.54) is 0 Å². The molecule has 0 spiro atoms. The fourth-order valence-corrected chi connectivity index (χ4v) is 2.48. The van der Waals surface area contributed by atoms with Gasteiger partial charge in [-0.15, -0.1) is 0 Å². The molecule has 0 aliphatic rings. The van der Waals surface area contributed by atoms with Crippen LogP contribution in [-0.4, -0.2) is 28.8 Å². The van der Waals surface area contributed by atoms with Gasteiger partial charge in [0.1, 0.15) is 5.76 Å². The highest BCUT2D eigenvalue weighted by Crippen LogP contribution is 2.24. The number of hydrogen-bond acceptors (Lipinski definition) is 4. The topological polar surface area (TPSA) is 87.4 Å². The van der Waals surface area contributed by atoms with Crippen LogP contribution < -0.4 is 10.6 Å². The van der Waals surface area contributed by atoms with Crippen LogP contribution in [0.5, 0.6) is 0 Å². The highest BCUT2D eigenvalue weighted by molar-refractivity contribution is 5.89. The number of aliphatic hydroxyl groups excluding tert-OH is 1. The first kappa shape index (κ1) is 19.0. The van der Waals surface area contributed by atoms with E-state index in [1.807, 2.05) is 26.0 Å². The molecule has 0 aliphatic heterocycles. The molecule has 6 heteroatoms. The van der Waals surface area contributed by atoms with Crippen molar-refractivity contribution in [3.8, 4) is 11.5 Å². The minimum Gasteiger partial charge on any atom is -0.441 e. The third-order valence-corrected chi connectivity index (χ3v) is 3.79. The fraction of sp³-hybridized carbons (Fsp3) is 0.474. The molecule has 0 aliphatic carbocycles. The summed E-state index contributed by atoms with van der Waals surface area (Å²) in [6.07, 6.45) is 2.47. The summed E-state index contributed by atoms with van der Waals surface area (Å²) < 4.78 is 5.72. The van der Waals surface area contributed by atoms with Crippen molar-refractivity contribution >= 4 is 11.7 Å². The molecule has 2 aromatic rings. The summed E-state index contributed by atoms with van der Waals surface area (Å²) in [7, 11) is 0. The predicted octanol–water partition coefficient (Wildman–Crippen LogP) is 3.99. The molecule has 1 atom stereocenters. The quantitative estimate of drug-likeness (QED) is 0.708. The van der Waals surface area contributed by atoms with Crippen molar-refractivity contribution in [3.63, 3.8) is 0 Å². The molecule has 3 N–H and O–H groups in total. The Morgan fingerprint density at radius 3 is 2.40 bits per heavy atom. The van der Waals surface area contributed by atoms with Crippen LogP contribution in [0.25, 0.3) is 11.5 Å². The van der Waals surface area contributed by atoms with Gasteiger partial charge in [0.15, 0.2) is 0 Å². The van der Waals surface area contributed by atoms with Crippen molar-refractivity contribution in [2.24, 2.45) is 5.92 Å². The van der Waals surface area contributed by atoms with Crippen LogP contribution in [-0.2, 0) is 0 Å². The molecule has 1 unspecified atom stereocenters. The number of nitrogens with zero attached hydrogens (tertiary/aromatic N) is 1. The molecule has 1 heterocycles. The highest BCUT2D eigenvalue weighted by Gasteiger charge is 2.13. The SMILES string of the molecule is CC(C)CC(CO)NC(=O)Nc1ccc(-c2ncc(C(C)C)o2)cc1. The third kappa shape index (κ3) is 5.60. The zero-order chi connectivity index (χ0) is 18.4. The van der Waals surface area contributed by atoms with Crippen molar-refractivity contribution in [2.75, 3.05) is 11.9 Å². The fourth-order valence-electron chi connectivity index (χ4n) is 2.48. The number of aliphatic hydroxyl groups is 1. The maximum Gasteiger partial charge on any atom is 0.319 e. The average molecular weight is 345 g/mol. The Bertz CT molecular complexity index is 677. The molecule has 0 bridgehead atoms. The Hall–Kier alpha value is -2.34. The molecule has 1 aromatic carbocycles. The third-order valence-electron chi connectivity index (χ3n) is 3.79. The second-order valence-electron chi connectivity index (χ2n) is 6.91. The number of nitrogens with one attached hydrogen (secondary N) is 2. The van der Waals surface area contributed by atoms with Crippen LogP contribution in [0.3, 0.4) is 0 Å². The first-order valence-corrected chi connectivity index (χ1v) is 8.63. The Labute approximate surface area is 148 Å². The summed E-state index contributed by atoms with van der Waals surface area (Å²) in [6, 6.07) is 6.72. The smallest absolute Gasteiger partial charge is 0.319 e. The largest absolute Gasteiger partial charge is 0.441 e. The first-order valence-electron chi connectivity index (χ1n) is 8.63. The molecule has 0 saturated heterocycles. The summed E-state index contributed by atoms with van der Waals surface area (Å²) in [5, 5.41) is 14.9. The lowest BCUT2D eigenvalue weighted by Gasteiger charge is -2.18. The number of anilines is 1. The van der Waals surface area contributed by atoms with Crippen LogP contribution in [0, 0.1) is 5.92 Å². The van der Waals surface area contributed by atoms with E-state index in [0.29, 0.717) is 17.5 Å². The minimum atomic E-state index is -0.328. The maximum atomic E-state index is 12.0. The summed E-state index contributed by atoms with van der Waals surface area (Å²) >= 11 is 0. The number of urea groups is 1. The number of rotatable bonds is 7. The van der Waals surface area contributed by atoms with Gasteiger partial charge in [-0.25, -0.2) is 9.78 Å². The van der Waals surface area contributed by atoms with E-state index in [0.717, 1.165) is 17.7 Å². The van der Waals surface area contributed by atoms with Crippen molar-refractivity contribution < 1.29 is 14.3 Å². The number of aromatic nitrogens is 1. The lowest BCUT2D eigenvalue weighted by Crippen LogP contribution is -2.40. The van der Waals surface area contributed by atoms with Gasteiger partial charge >= 0.3 is 6.03 Å². The standard InChI is InChI=1S/C19H27N3O3/c1-12(2)9-16(11-23)22-19(24)21-15-7-5-14(6-8-15)18-20-10-17(25-18)13(3)4/h5-8,10,12-13,16,23H,9,11H2,1-4H3,(H2,21,22,24). The molecule has 6 nitrogen and oxygen atoms in total. The predicted molar refractivity (Wildman–Crippen MR) is 98.5 cm³/mol. The Kier molecular flexibility index (Phi) is 6.58. The van der Waals surface area contributed by atoms with Gasteiger partial charge in [-0.3, -0.25) is 0 Å². The summed E-state index contributed by atoms with van der Waals surface area (Å²) in [6.45, 7) is 8.12. The van der Waals surface area contributed by atoms with Crippen molar-refractivity contribution in [1.29, 1.82) is 0 Å². The summed E-state index contributed by atoms with van der Waals surface area (Å²) in [5.41, 5.74) is 1.52. The first-order chi connectivity index (χ1) is 11.9. The van der Waals surface area contributed by atoms with E-state index < -0.39 is 0 Å². The van der Waals surface area contributed by atoms with E-state index in [9.17, 15) is 9.90 Å². The number of amides is 2. The van der Waals surface area contributed by atoms with Gasteiger partial charge in [-0.1, -0.05) is 27.7 Å². The van der Waals surface area contributed by atoms with E-state index >= 15 is 0 Å². The van der Waals surface area contributed by atoms with E-state index in [-0.39, 0.29) is 24.6 Å². The number of carbonyl (C=O) groups excluding carboxylic acids is 1. The van der Waals surface area contributed by atoms with Gasteiger partial charge in [0, 0.05) is 17.2 Å². The molecular weight excluding hydrogens is 318 g/mol. The van der Waals surface area contributed by atoms with Crippen LogP contribution in [0.1, 0.15) is 45.8 Å². The number of carbonyl (C=O) groups is 1. The molecule has 2 amide bonds. The summed E-state index contributed by atoms with van der Waals surface area (Å²) in [4.78, 5) is 16.3. The normalized spacial score (nSPS) is 12.4. The monoisotopic (exact) mass is 345 g/mol. The molecule has 136 valence electrons. The van der Waals surface area contributed by atoms with Crippen LogP contribution in [0.2, 0.25) is 0 Å². The Balaban J connectivity index is 1.96. The van der Waals surface area contributed by atoms with Crippen molar-refractivity contribution in [3.05, 3.63) is 36.2 Å². The van der Waals surface area contributed by atoms with Gasteiger partial charge in [0.2, 0.25) is 5.89 Å². The van der Waals surface area contributed by atoms with Gasteiger partial charge in [0.25, 0.3) is 0 Å². The average Bonchev–Trinajstić information content (AvgIpc) is 3.04. The maximum absolute atomic E-state index is 12.0. The molecule has 0 radical (unpaired) electrons. The molecule has 2 rings (SSSR count). The van der Waals surface area contributed by atoms with Gasteiger partial charge < -0.3 is 20.2 Å². The molecule has 0 saturated carbocycles. The van der Waals surface area contributed by atoms with Gasteiger partial charge in [-0.05, 0) is 36.6 Å². The number of benzene rings is 1. The van der Waals surface area contributed by atoms with Gasteiger partial charge in [-0.2, -0.15) is 0 Å². The van der Waals surface area contributed by atoms with E-state index in [1.54, 1.807) is 18.3 Å². The Morgan fingerprint density at radius 2 is 1.88 bits per heavy atom. The Morgan fingerprint density at radius 1 is 1.20 bits per heavy atom.